The average molecular weight is 448 g/mol. The van der Waals surface area contributed by atoms with E-state index in [0.717, 1.165) is 17.7 Å². The van der Waals surface area contributed by atoms with E-state index >= 15 is 0 Å². The Morgan fingerprint density at radius 2 is 1.87 bits per heavy atom. The Morgan fingerprint density at radius 1 is 1.16 bits per heavy atom. The third kappa shape index (κ3) is 4.83. The summed E-state index contributed by atoms with van der Waals surface area (Å²) in [4.78, 5) is 17.5. The van der Waals surface area contributed by atoms with Crippen LogP contribution in [0.1, 0.15) is 27.9 Å². The molecular weight excluding hydrogens is 426 g/mol. The van der Waals surface area contributed by atoms with Gasteiger partial charge in [0.1, 0.15) is 27.1 Å². The van der Waals surface area contributed by atoms with Gasteiger partial charge in [0.2, 0.25) is 0 Å². The third-order valence-electron chi connectivity index (χ3n) is 4.74. The van der Waals surface area contributed by atoms with Gasteiger partial charge in [0.25, 0.3) is 5.91 Å². The zero-order valence-electron chi connectivity index (χ0n) is 17.5. The van der Waals surface area contributed by atoms with Crippen LogP contribution in [-0.4, -0.2) is 36.8 Å². The lowest BCUT2D eigenvalue weighted by atomic mass is 9.95. The summed E-state index contributed by atoms with van der Waals surface area (Å²) < 4.78 is 37.7. The lowest BCUT2D eigenvalue weighted by Crippen LogP contribution is -2.39. The molecule has 9 heteroatoms. The highest BCUT2D eigenvalue weighted by molar-refractivity contribution is 7.17. The fourth-order valence-electron chi connectivity index (χ4n) is 3.05. The number of hydrogen-bond donors (Lipinski definition) is 2. The molecule has 1 aromatic heterocycles. The van der Waals surface area contributed by atoms with Gasteiger partial charge >= 0.3 is 0 Å². The predicted octanol–water partition coefficient (Wildman–Crippen LogP) is 4.05. The predicted molar refractivity (Wildman–Crippen MR) is 114 cm³/mol. The van der Waals surface area contributed by atoms with E-state index in [-0.39, 0.29) is 12.1 Å². The van der Waals surface area contributed by atoms with E-state index in [4.69, 9.17) is 9.47 Å². The summed E-state index contributed by atoms with van der Waals surface area (Å²) in [5.74, 6) is -0.971. The first-order valence-electron chi connectivity index (χ1n) is 9.32. The monoisotopic (exact) mass is 448 g/mol. The lowest BCUT2D eigenvalue weighted by Gasteiger charge is -2.24. The van der Waals surface area contributed by atoms with Crippen molar-refractivity contribution in [3.63, 3.8) is 0 Å². The van der Waals surface area contributed by atoms with Crippen LogP contribution in [-0.2, 0) is 5.60 Å². The van der Waals surface area contributed by atoms with Crippen molar-refractivity contribution in [2.45, 2.75) is 19.4 Å². The molecule has 3 rings (SSSR count). The highest BCUT2D eigenvalue weighted by atomic mass is 32.1. The second kappa shape index (κ2) is 8.99. The zero-order chi connectivity index (χ0) is 22.8. The largest absolute Gasteiger partial charge is 0.493 e. The molecule has 31 heavy (non-hydrogen) atoms. The molecule has 164 valence electrons. The maximum absolute atomic E-state index is 14.0. The van der Waals surface area contributed by atoms with Gasteiger partial charge in [-0.1, -0.05) is 6.07 Å². The number of thiazole rings is 1. The highest BCUT2D eigenvalue weighted by Gasteiger charge is 2.28. The third-order valence-corrected chi connectivity index (χ3v) is 5.94. The second-order valence-electron chi connectivity index (χ2n) is 7.08. The molecule has 0 spiro atoms. The minimum Gasteiger partial charge on any atom is -0.493 e. The van der Waals surface area contributed by atoms with Crippen molar-refractivity contribution >= 4 is 17.2 Å². The van der Waals surface area contributed by atoms with E-state index in [1.165, 1.54) is 25.4 Å². The fraction of sp³-hybridized carbons (Fsp3) is 0.273. The molecule has 0 bridgehead atoms. The molecule has 0 aliphatic heterocycles. The van der Waals surface area contributed by atoms with Gasteiger partial charge in [-0.15, -0.1) is 11.3 Å². The van der Waals surface area contributed by atoms with Gasteiger partial charge in [0, 0.05) is 17.2 Å². The molecule has 0 radical (unpaired) electrons. The van der Waals surface area contributed by atoms with Crippen LogP contribution in [0.15, 0.2) is 36.4 Å². The standard InChI is InChI=1S/C22H22F2N2O4S/c1-12-19(31-21(26-12)13-5-8-17(29-3)18(9-13)30-4)20(27)25-11-22(2,28)15-7-6-14(23)10-16(15)24/h5-10,28H,11H2,1-4H3,(H,25,27). The number of aryl methyl sites for hydroxylation is 1. The fourth-order valence-corrected chi connectivity index (χ4v) is 4.03. The van der Waals surface area contributed by atoms with Crippen LogP contribution >= 0.6 is 11.3 Å². The number of amides is 1. The Bertz CT molecular complexity index is 1110. The number of halogens is 2. The summed E-state index contributed by atoms with van der Waals surface area (Å²) in [5.41, 5.74) is -0.565. The molecule has 1 unspecified atom stereocenters. The number of rotatable bonds is 7. The zero-order valence-corrected chi connectivity index (χ0v) is 18.3. The molecule has 1 heterocycles. The summed E-state index contributed by atoms with van der Waals surface area (Å²) in [6.07, 6.45) is 0. The Balaban J connectivity index is 1.78. The molecule has 1 amide bonds. The summed E-state index contributed by atoms with van der Waals surface area (Å²) >= 11 is 1.18. The normalized spacial score (nSPS) is 12.9. The quantitative estimate of drug-likeness (QED) is 0.570. The van der Waals surface area contributed by atoms with Gasteiger partial charge in [-0.05, 0) is 38.1 Å². The molecule has 1 atom stereocenters. The first-order chi connectivity index (χ1) is 14.7. The number of carbonyl (C=O) groups is 1. The number of benzene rings is 2. The highest BCUT2D eigenvalue weighted by Crippen LogP contribution is 2.35. The molecule has 0 saturated carbocycles. The molecule has 0 fully saturated rings. The number of nitrogens with zero attached hydrogens (tertiary/aromatic N) is 1. The molecule has 3 aromatic rings. The minimum atomic E-state index is -1.72. The maximum Gasteiger partial charge on any atom is 0.263 e. The minimum absolute atomic E-state index is 0.110. The van der Waals surface area contributed by atoms with E-state index in [9.17, 15) is 18.7 Å². The number of hydrogen-bond acceptors (Lipinski definition) is 6. The van der Waals surface area contributed by atoms with Gasteiger partial charge in [-0.2, -0.15) is 0 Å². The summed E-state index contributed by atoms with van der Waals surface area (Å²) in [6.45, 7) is 2.78. The van der Waals surface area contributed by atoms with E-state index in [0.29, 0.717) is 33.1 Å². The number of methoxy groups -OCH3 is 2. The molecule has 6 nitrogen and oxygen atoms in total. The van der Waals surface area contributed by atoms with Gasteiger partial charge in [-0.3, -0.25) is 4.79 Å². The number of aromatic nitrogens is 1. The number of nitrogens with one attached hydrogen (secondary N) is 1. The van der Waals surface area contributed by atoms with Crippen molar-refractivity contribution in [2.24, 2.45) is 0 Å². The van der Waals surface area contributed by atoms with Crippen molar-refractivity contribution in [2.75, 3.05) is 20.8 Å². The Kier molecular flexibility index (Phi) is 6.56. The number of carbonyl (C=O) groups excluding carboxylic acids is 1. The lowest BCUT2D eigenvalue weighted by molar-refractivity contribution is 0.0495. The first kappa shape index (κ1) is 22.6. The average Bonchev–Trinajstić information content (AvgIpc) is 3.13. The van der Waals surface area contributed by atoms with Crippen LogP contribution in [0.4, 0.5) is 8.78 Å². The van der Waals surface area contributed by atoms with E-state index < -0.39 is 23.1 Å². The van der Waals surface area contributed by atoms with Crippen molar-refractivity contribution in [1.82, 2.24) is 10.3 Å². The molecule has 0 aliphatic rings. The molecule has 0 saturated heterocycles. The summed E-state index contributed by atoms with van der Waals surface area (Å²) in [6, 6.07) is 8.22. The Morgan fingerprint density at radius 3 is 2.52 bits per heavy atom. The van der Waals surface area contributed by atoms with Crippen LogP contribution in [0.3, 0.4) is 0 Å². The van der Waals surface area contributed by atoms with Crippen LogP contribution in [0.5, 0.6) is 11.5 Å². The van der Waals surface area contributed by atoms with Gasteiger partial charge in [-0.25, -0.2) is 13.8 Å². The topological polar surface area (TPSA) is 80.7 Å². The van der Waals surface area contributed by atoms with Crippen LogP contribution in [0.2, 0.25) is 0 Å². The van der Waals surface area contributed by atoms with Crippen LogP contribution in [0, 0.1) is 18.6 Å². The van der Waals surface area contributed by atoms with E-state index in [1.54, 1.807) is 26.2 Å². The van der Waals surface area contributed by atoms with Crippen LogP contribution < -0.4 is 14.8 Å². The molecule has 2 aromatic carbocycles. The first-order valence-corrected chi connectivity index (χ1v) is 10.1. The maximum atomic E-state index is 14.0. The van der Waals surface area contributed by atoms with Crippen molar-refractivity contribution in [3.8, 4) is 22.1 Å². The Labute approximate surface area is 182 Å². The molecular formula is C22H22F2N2O4S. The SMILES string of the molecule is COc1ccc(-c2nc(C)c(C(=O)NCC(C)(O)c3ccc(F)cc3F)s2)cc1OC. The Hall–Kier alpha value is -3.04. The van der Waals surface area contributed by atoms with Gasteiger partial charge in [0.05, 0.1) is 26.5 Å². The van der Waals surface area contributed by atoms with Crippen LogP contribution in [0.25, 0.3) is 10.6 Å². The second-order valence-corrected chi connectivity index (χ2v) is 8.08. The number of ether oxygens (including phenoxy) is 2. The molecule has 0 aliphatic carbocycles. The van der Waals surface area contributed by atoms with Crippen molar-refractivity contribution < 1.29 is 28.2 Å². The van der Waals surface area contributed by atoms with Gasteiger partial charge < -0.3 is 19.9 Å². The van der Waals surface area contributed by atoms with Crippen molar-refractivity contribution in [3.05, 3.63) is 64.2 Å². The van der Waals surface area contributed by atoms with E-state index in [2.05, 4.69) is 10.3 Å². The van der Waals surface area contributed by atoms with Crippen molar-refractivity contribution in [1.29, 1.82) is 0 Å². The number of aliphatic hydroxyl groups is 1. The molecule has 2 N–H and O–H groups in total. The van der Waals surface area contributed by atoms with Gasteiger partial charge in [0.15, 0.2) is 11.5 Å². The van der Waals surface area contributed by atoms with E-state index in [1.807, 2.05) is 6.07 Å². The smallest absolute Gasteiger partial charge is 0.263 e. The summed E-state index contributed by atoms with van der Waals surface area (Å²) in [7, 11) is 3.07. The summed E-state index contributed by atoms with van der Waals surface area (Å²) in [5, 5.41) is 13.8.